The van der Waals surface area contributed by atoms with E-state index in [1.54, 1.807) is 21.3 Å². The molecule has 0 aliphatic rings. The SMILES string of the molecule is COc1c[c]([Pb])cc(OC)c1OC. The molecule has 0 spiro atoms. The van der Waals surface area contributed by atoms with Crippen molar-refractivity contribution in [1.82, 2.24) is 0 Å². The van der Waals surface area contributed by atoms with Gasteiger partial charge in [0.05, 0.1) is 0 Å². The summed E-state index contributed by atoms with van der Waals surface area (Å²) in [5, 5.41) is 0. The second-order valence-electron chi connectivity index (χ2n) is 2.41. The summed E-state index contributed by atoms with van der Waals surface area (Å²) >= 11 is 0.965. The minimum atomic E-state index is 0.657. The molecule has 0 saturated carbocycles. The van der Waals surface area contributed by atoms with E-state index in [1.807, 2.05) is 12.1 Å². The number of benzene rings is 1. The van der Waals surface area contributed by atoms with E-state index in [0.717, 1.165) is 37.3 Å². The molecule has 13 heavy (non-hydrogen) atoms. The van der Waals surface area contributed by atoms with Crippen LogP contribution in [0.3, 0.4) is 0 Å². The van der Waals surface area contributed by atoms with Crippen LogP contribution >= 0.6 is 0 Å². The van der Waals surface area contributed by atoms with Gasteiger partial charge in [-0.05, 0) is 0 Å². The molecule has 1 aromatic rings. The molecule has 0 atom stereocenters. The van der Waals surface area contributed by atoms with Crippen LogP contribution in [0.5, 0.6) is 17.2 Å². The van der Waals surface area contributed by atoms with Crippen molar-refractivity contribution in [2.75, 3.05) is 21.3 Å². The monoisotopic (exact) mass is 375 g/mol. The van der Waals surface area contributed by atoms with Crippen LogP contribution in [0.2, 0.25) is 0 Å². The number of hydrogen-bond donors (Lipinski definition) is 0. The third-order valence-corrected chi connectivity index (χ3v) is 2.79. The van der Waals surface area contributed by atoms with Gasteiger partial charge in [-0.15, -0.1) is 0 Å². The molecule has 0 saturated heterocycles. The van der Waals surface area contributed by atoms with Gasteiger partial charge < -0.3 is 0 Å². The molecule has 0 N–H and O–H groups in total. The third kappa shape index (κ3) is 2.26. The minimum absolute atomic E-state index is 0.657. The predicted octanol–water partition coefficient (Wildman–Crippen LogP) is 0.506. The Hall–Kier alpha value is -0.458. The maximum absolute atomic E-state index is 5.18. The molecule has 3 nitrogen and oxygen atoms in total. The van der Waals surface area contributed by atoms with E-state index in [-0.39, 0.29) is 0 Å². The molecule has 3 radical (unpaired) electrons. The van der Waals surface area contributed by atoms with Crippen LogP contribution in [-0.4, -0.2) is 47.1 Å². The summed E-state index contributed by atoms with van der Waals surface area (Å²) in [6.07, 6.45) is 0. The third-order valence-electron chi connectivity index (χ3n) is 1.66. The summed E-state index contributed by atoms with van der Waals surface area (Å²) in [5.41, 5.74) is 0. The summed E-state index contributed by atoms with van der Waals surface area (Å²) < 4.78 is 16.7. The van der Waals surface area contributed by atoms with Crippen LogP contribution in [0, 0.1) is 0 Å². The van der Waals surface area contributed by atoms with E-state index < -0.39 is 0 Å². The van der Waals surface area contributed by atoms with Crippen molar-refractivity contribution in [2.45, 2.75) is 0 Å². The van der Waals surface area contributed by atoms with Gasteiger partial charge in [-0.2, -0.15) is 0 Å². The van der Waals surface area contributed by atoms with Gasteiger partial charge in [0.2, 0.25) is 0 Å². The number of rotatable bonds is 3. The fourth-order valence-corrected chi connectivity index (χ4v) is 2.10. The number of hydrogen-bond acceptors (Lipinski definition) is 3. The van der Waals surface area contributed by atoms with Crippen LogP contribution in [-0.2, 0) is 0 Å². The van der Waals surface area contributed by atoms with Crippen molar-refractivity contribution < 1.29 is 14.2 Å². The molecule has 0 heterocycles. The van der Waals surface area contributed by atoms with E-state index in [9.17, 15) is 0 Å². The molecular weight excluding hydrogens is 363 g/mol. The van der Waals surface area contributed by atoms with Gasteiger partial charge in [0, 0.05) is 0 Å². The van der Waals surface area contributed by atoms with Crippen LogP contribution in [0.25, 0.3) is 0 Å². The summed E-state index contributed by atoms with van der Waals surface area (Å²) in [6.45, 7) is 0. The van der Waals surface area contributed by atoms with E-state index in [0.29, 0.717) is 5.75 Å². The molecule has 0 aromatic heterocycles. The summed E-state index contributed by atoms with van der Waals surface area (Å²) in [7, 11) is 4.85. The first kappa shape index (κ1) is 10.6. The van der Waals surface area contributed by atoms with E-state index in [4.69, 9.17) is 14.2 Å². The zero-order valence-corrected chi connectivity index (χ0v) is 11.8. The first-order valence-electron chi connectivity index (χ1n) is 3.74. The van der Waals surface area contributed by atoms with Gasteiger partial charge in [-0.25, -0.2) is 0 Å². The van der Waals surface area contributed by atoms with Crippen molar-refractivity contribution in [3.8, 4) is 17.2 Å². The molecule has 1 aromatic carbocycles. The molecule has 0 fully saturated rings. The molecule has 0 amide bonds. The van der Waals surface area contributed by atoms with Crippen molar-refractivity contribution in [3.05, 3.63) is 12.1 Å². The summed E-state index contributed by atoms with van der Waals surface area (Å²) in [5.74, 6) is 2.11. The van der Waals surface area contributed by atoms with Crippen molar-refractivity contribution in [3.63, 3.8) is 0 Å². The van der Waals surface area contributed by atoms with Crippen molar-refractivity contribution in [1.29, 1.82) is 0 Å². The molecule has 4 heteroatoms. The second kappa shape index (κ2) is 4.69. The number of ether oxygens (including phenoxy) is 3. The Bertz CT molecular complexity index is 274. The Kier molecular flexibility index (Phi) is 3.83. The first-order chi connectivity index (χ1) is 6.22. The van der Waals surface area contributed by atoms with Gasteiger partial charge in [-0.3, -0.25) is 0 Å². The molecular formula is C9H11O3Pb. The molecule has 69 valence electrons. The second-order valence-corrected chi connectivity index (χ2v) is 4.66. The Morgan fingerprint density at radius 3 is 1.69 bits per heavy atom. The molecule has 0 unspecified atom stereocenters. The predicted molar refractivity (Wildman–Crippen MR) is 51.5 cm³/mol. The first-order valence-corrected chi connectivity index (χ1v) is 5.69. The summed E-state index contributed by atoms with van der Waals surface area (Å²) in [4.78, 5) is 0. The topological polar surface area (TPSA) is 27.7 Å². The molecule has 0 aliphatic heterocycles. The van der Waals surface area contributed by atoms with Crippen molar-refractivity contribution >= 4 is 28.9 Å². The zero-order chi connectivity index (χ0) is 9.84. The van der Waals surface area contributed by atoms with Gasteiger partial charge in [0.1, 0.15) is 0 Å². The Morgan fingerprint density at radius 1 is 0.923 bits per heavy atom. The fraction of sp³-hybridized carbons (Fsp3) is 0.333. The zero-order valence-electron chi connectivity index (χ0n) is 7.88. The van der Waals surface area contributed by atoms with Gasteiger partial charge in [0.25, 0.3) is 0 Å². The van der Waals surface area contributed by atoms with Crippen LogP contribution in [0.4, 0.5) is 0 Å². The Labute approximate surface area is 93.7 Å². The van der Waals surface area contributed by atoms with Crippen LogP contribution in [0.15, 0.2) is 12.1 Å². The fourth-order valence-electron chi connectivity index (χ4n) is 1.08. The van der Waals surface area contributed by atoms with Gasteiger partial charge in [-0.1, -0.05) is 0 Å². The average Bonchev–Trinajstić information content (AvgIpc) is 2.16. The molecule has 0 aliphatic carbocycles. The van der Waals surface area contributed by atoms with E-state index in [1.165, 1.54) is 3.12 Å². The van der Waals surface area contributed by atoms with Crippen LogP contribution in [0.1, 0.15) is 0 Å². The standard InChI is InChI=1S/C9H11O3.Pb/c1-10-7-5-4-6-8(11-2)9(7)12-3;/h5-6H,1-3H3;. The van der Waals surface area contributed by atoms with Crippen molar-refractivity contribution in [2.24, 2.45) is 0 Å². The quantitative estimate of drug-likeness (QED) is 0.722. The van der Waals surface area contributed by atoms with Gasteiger partial charge >= 0.3 is 93.8 Å². The van der Waals surface area contributed by atoms with E-state index in [2.05, 4.69) is 0 Å². The van der Waals surface area contributed by atoms with E-state index >= 15 is 0 Å². The normalized spacial score (nSPS) is 9.54. The summed E-state index contributed by atoms with van der Waals surface area (Å²) in [6, 6.07) is 3.93. The maximum atomic E-state index is 5.18. The molecule has 1 rings (SSSR count). The Morgan fingerprint density at radius 2 is 1.38 bits per heavy atom. The van der Waals surface area contributed by atoms with Gasteiger partial charge in [0.15, 0.2) is 0 Å². The number of methoxy groups -OCH3 is 3. The van der Waals surface area contributed by atoms with Crippen LogP contribution < -0.4 is 17.3 Å². The average molecular weight is 374 g/mol. The Balaban J connectivity index is 3.25. The molecule has 0 bridgehead atoms.